The minimum atomic E-state index is 0.261. The van der Waals surface area contributed by atoms with Crippen molar-refractivity contribution in [2.45, 2.75) is 19.5 Å². The number of ether oxygens (including phenoxy) is 1. The van der Waals surface area contributed by atoms with Crippen molar-refractivity contribution in [3.63, 3.8) is 0 Å². The minimum Gasteiger partial charge on any atom is -0.480 e. The summed E-state index contributed by atoms with van der Waals surface area (Å²) in [5, 5.41) is 4.48. The smallest absolute Gasteiger partial charge is 0.230 e. The summed E-state index contributed by atoms with van der Waals surface area (Å²) in [5.74, 6) is 0.706. The molecule has 1 N–H and O–H groups in total. The lowest BCUT2D eigenvalue weighted by molar-refractivity contribution is 0.393. The van der Waals surface area contributed by atoms with E-state index in [-0.39, 0.29) is 6.04 Å². The van der Waals surface area contributed by atoms with Crippen LogP contribution in [0.5, 0.6) is 5.88 Å². The molecule has 0 saturated carbocycles. The summed E-state index contributed by atoms with van der Waals surface area (Å²) >= 11 is 5.16. The molecular weight excluding hydrogens is 350 g/mol. The van der Waals surface area contributed by atoms with Crippen LogP contribution in [0.4, 0.5) is 5.13 Å². The van der Waals surface area contributed by atoms with Gasteiger partial charge in [0, 0.05) is 31.2 Å². The zero-order chi connectivity index (χ0) is 15.4. The maximum Gasteiger partial charge on any atom is 0.230 e. The summed E-state index contributed by atoms with van der Waals surface area (Å²) < 4.78 is 6.45. The standard InChI is InChI=1S/C15H20BrN3OS/c1-10(11-6-5-7-12(16)8-11)17-9-13-14(20-4)18-15(21-13)19(2)3/h5-8,10,17H,9H2,1-4H3/t10-/m0/s1. The first kappa shape index (κ1) is 16.3. The van der Waals surface area contributed by atoms with E-state index in [0.29, 0.717) is 5.88 Å². The second-order valence-electron chi connectivity index (χ2n) is 4.98. The van der Waals surface area contributed by atoms with Crippen molar-refractivity contribution < 1.29 is 4.74 Å². The van der Waals surface area contributed by atoms with Gasteiger partial charge in [-0.05, 0) is 24.6 Å². The molecule has 0 aliphatic heterocycles. The predicted molar refractivity (Wildman–Crippen MR) is 92.4 cm³/mol. The normalized spacial score (nSPS) is 12.2. The molecule has 1 aromatic carbocycles. The van der Waals surface area contributed by atoms with Crippen molar-refractivity contribution in [3.8, 4) is 5.88 Å². The highest BCUT2D eigenvalue weighted by molar-refractivity contribution is 9.10. The van der Waals surface area contributed by atoms with Gasteiger partial charge in [0.1, 0.15) is 0 Å². The molecule has 0 spiro atoms. The van der Waals surface area contributed by atoms with Gasteiger partial charge in [-0.15, -0.1) is 0 Å². The van der Waals surface area contributed by atoms with Gasteiger partial charge in [0.15, 0.2) is 5.13 Å². The number of thiazole rings is 1. The van der Waals surface area contributed by atoms with Crippen LogP contribution in [0.25, 0.3) is 0 Å². The lowest BCUT2D eigenvalue weighted by Gasteiger charge is -2.14. The van der Waals surface area contributed by atoms with Gasteiger partial charge in [0.25, 0.3) is 0 Å². The van der Waals surface area contributed by atoms with E-state index in [9.17, 15) is 0 Å². The Labute approximate surface area is 138 Å². The van der Waals surface area contributed by atoms with Crippen LogP contribution in [-0.4, -0.2) is 26.2 Å². The van der Waals surface area contributed by atoms with Gasteiger partial charge in [-0.25, -0.2) is 0 Å². The molecule has 1 atom stereocenters. The summed E-state index contributed by atoms with van der Waals surface area (Å²) in [6.07, 6.45) is 0. The average molecular weight is 370 g/mol. The summed E-state index contributed by atoms with van der Waals surface area (Å²) in [7, 11) is 5.63. The third-order valence-electron chi connectivity index (χ3n) is 3.14. The van der Waals surface area contributed by atoms with Crippen LogP contribution in [0.1, 0.15) is 23.4 Å². The third kappa shape index (κ3) is 4.18. The quantitative estimate of drug-likeness (QED) is 0.839. The SMILES string of the molecule is COc1nc(N(C)C)sc1CN[C@@H](C)c1cccc(Br)c1. The van der Waals surface area contributed by atoms with Crippen molar-refractivity contribution in [3.05, 3.63) is 39.2 Å². The topological polar surface area (TPSA) is 37.4 Å². The molecule has 0 bridgehead atoms. The fourth-order valence-corrected chi connectivity index (χ4v) is 3.25. The third-order valence-corrected chi connectivity index (χ3v) is 4.84. The van der Waals surface area contributed by atoms with E-state index in [1.54, 1.807) is 18.4 Å². The first-order chi connectivity index (χ1) is 10.0. The van der Waals surface area contributed by atoms with E-state index in [2.05, 4.69) is 51.4 Å². The molecule has 4 nitrogen and oxygen atoms in total. The zero-order valence-corrected chi connectivity index (χ0v) is 15.1. The number of anilines is 1. The second-order valence-corrected chi connectivity index (χ2v) is 6.96. The van der Waals surface area contributed by atoms with Crippen molar-refractivity contribution >= 4 is 32.4 Å². The number of methoxy groups -OCH3 is 1. The van der Waals surface area contributed by atoms with E-state index < -0.39 is 0 Å². The number of nitrogens with zero attached hydrogens (tertiary/aromatic N) is 2. The van der Waals surface area contributed by atoms with Crippen LogP contribution >= 0.6 is 27.3 Å². The van der Waals surface area contributed by atoms with E-state index >= 15 is 0 Å². The van der Waals surface area contributed by atoms with Gasteiger partial charge in [-0.1, -0.05) is 39.4 Å². The van der Waals surface area contributed by atoms with Gasteiger partial charge in [-0.3, -0.25) is 0 Å². The molecule has 114 valence electrons. The number of rotatable bonds is 6. The molecule has 21 heavy (non-hydrogen) atoms. The Morgan fingerprint density at radius 2 is 2.19 bits per heavy atom. The molecule has 2 aromatic rings. The highest BCUT2D eigenvalue weighted by atomic mass is 79.9. The molecule has 0 amide bonds. The zero-order valence-electron chi connectivity index (χ0n) is 12.7. The minimum absolute atomic E-state index is 0.261. The molecule has 0 radical (unpaired) electrons. The fourth-order valence-electron chi connectivity index (χ4n) is 1.93. The number of benzene rings is 1. The first-order valence-electron chi connectivity index (χ1n) is 6.71. The number of hydrogen-bond acceptors (Lipinski definition) is 5. The second kappa shape index (κ2) is 7.24. The summed E-state index contributed by atoms with van der Waals surface area (Å²) in [5.41, 5.74) is 1.25. The molecule has 0 saturated heterocycles. The molecule has 2 rings (SSSR count). The van der Waals surface area contributed by atoms with Crippen LogP contribution in [0, 0.1) is 0 Å². The Morgan fingerprint density at radius 3 is 2.81 bits per heavy atom. The first-order valence-corrected chi connectivity index (χ1v) is 8.32. The fraction of sp³-hybridized carbons (Fsp3) is 0.400. The van der Waals surface area contributed by atoms with E-state index in [1.165, 1.54) is 5.56 Å². The average Bonchev–Trinajstić information content (AvgIpc) is 2.88. The van der Waals surface area contributed by atoms with Crippen LogP contribution < -0.4 is 15.0 Å². The summed E-state index contributed by atoms with van der Waals surface area (Å²) in [6.45, 7) is 2.89. The van der Waals surface area contributed by atoms with Crippen molar-refractivity contribution in [2.24, 2.45) is 0 Å². The largest absolute Gasteiger partial charge is 0.480 e. The number of hydrogen-bond donors (Lipinski definition) is 1. The van der Waals surface area contributed by atoms with Crippen molar-refractivity contribution in [1.82, 2.24) is 10.3 Å². The van der Waals surface area contributed by atoms with Crippen molar-refractivity contribution in [1.29, 1.82) is 0 Å². The molecule has 0 unspecified atom stereocenters. The summed E-state index contributed by atoms with van der Waals surface area (Å²) in [6, 6.07) is 8.60. The lowest BCUT2D eigenvalue weighted by Crippen LogP contribution is -2.17. The predicted octanol–water partition coefficient (Wildman–Crippen LogP) is 3.83. The molecule has 0 aliphatic rings. The van der Waals surface area contributed by atoms with E-state index in [0.717, 1.165) is 21.0 Å². The molecule has 6 heteroatoms. The summed E-state index contributed by atoms with van der Waals surface area (Å²) in [4.78, 5) is 7.58. The van der Waals surface area contributed by atoms with Gasteiger partial charge < -0.3 is 15.0 Å². The molecular formula is C15H20BrN3OS. The van der Waals surface area contributed by atoms with Crippen LogP contribution in [0.3, 0.4) is 0 Å². The number of aromatic nitrogens is 1. The van der Waals surface area contributed by atoms with Crippen LogP contribution in [-0.2, 0) is 6.54 Å². The van der Waals surface area contributed by atoms with Crippen LogP contribution in [0.15, 0.2) is 28.7 Å². The molecule has 0 fully saturated rings. The molecule has 0 aliphatic carbocycles. The maximum absolute atomic E-state index is 5.36. The monoisotopic (exact) mass is 369 g/mol. The molecule has 1 heterocycles. The molecule has 1 aromatic heterocycles. The maximum atomic E-state index is 5.36. The lowest BCUT2D eigenvalue weighted by atomic mass is 10.1. The Hall–Kier alpha value is -1.11. The van der Waals surface area contributed by atoms with E-state index in [4.69, 9.17) is 4.74 Å². The number of halogens is 1. The van der Waals surface area contributed by atoms with Gasteiger partial charge in [-0.2, -0.15) is 4.98 Å². The highest BCUT2D eigenvalue weighted by Crippen LogP contribution is 2.30. The van der Waals surface area contributed by atoms with Gasteiger partial charge >= 0.3 is 0 Å². The van der Waals surface area contributed by atoms with E-state index in [1.807, 2.05) is 25.1 Å². The highest BCUT2D eigenvalue weighted by Gasteiger charge is 2.14. The van der Waals surface area contributed by atoms with Crippen molar-refractivity contribution in [2.75, 3.05) is 26.1 Å². The van der Waals surface area contributed by atoms with Gasteiger partial charge in [0.2, 0.25) is 5.88 Å². The number of nitrogens with one attached hydrogen (secondary N) is 1. The Morgan fingerprint density at radius 1 is 1.43 bits per heavy atom. The van der Waals surface area contributed by atoms with Gasteiger partial charge in [0.05, 0.1) is 12.0 Å². The van der Waals surface area contributed by atoms with Crippen LogP contribution in [0.2, 0.25) is 0 Å². The Bertz CT molecular complexity index is 600. The Kier molecular flexibility index (Phi) is 5.61. The Balaban J connectivity index is 2.05.